The first-order valence-corrected chi connectivity index (χ1v) is 11.9. The Morgan fingerprint density at radius 1 is 1.19 bits per heavy atom. The van der Waals surface area contributed by atoms with Gasteiger partial charge in [-0.1, -0.05) is 26.0 Å². The average Bonchev–Trinajstić information content (AvgIpc) is 3.25. The summed E-state index contributed by atoms with van der Waals surface area (Å²) in [5.74, 6) is 1.21. The minimum Gasteiger partial charge on any atom is -0.378 e. The first kappa shape index (κ1) is 21.7. The fourth-order valence-corrected chi connectivity index (χ4v) is 4.85. The molecule has 2 aromatic heterocycles. The summed E-state index contributed by atoms with van der Waals surface area (Å²) in [5, 5.41) is 7.63. The highest BCUT2D eigenvalue weighted by Crippen LogP contribution is 2.32. The van der Waals surface area contributed by atoms with Crippen LogP contribution in [0.3, 0.4) is 0 Å². The van der Waals surface area contributed by atoms with E-state index in [0.717, 1.165) is 36.1 Å². The van der Waals surface area contributed by atoms with Crippen LogP contribution in [-0.4, -0.2) is 60.4 Å². The van der Waals surface area contributed by atoms with Crippen LogP contribution in [0, 0.1) is 0 Å². The molecule has 1 atom stereocenters. The number of benzene rings is 1. The number of aromatic nitrogens is 3. The van der Waals surface area contributed by atoms with Gasteiger partial charge < -0.3 is 20.3 Å². The van der Waals surface area contributed by atoms with Crippen molar-refractivity contribution in [3.8, 4) is 10.6 Å². The predicted molar refractivity (Wildman–Crippen MR) is 127 cm³/mol. The molecule has 8 nitrogen and oxygen atoms in total. The Hall–Kier alpha value is -2.49. The molecule has 0 saturated carbocycles. The molecule has 0 bridgehead atoms. The van der Waals surface area contributed by atoms with Gasteiger partial charge >= 0.3 is 0 Å². The molecule has 9 heteroatoms. The molecule has 2 aliphatic rings. The maximum absolute atomic E-state index is 13.2. The third kappa shape index (κ3) is 4.89. The number of morpholine rings is 1. The van der Waals surface area contributed by atoms with Crippen molar-refractivity contribution in [2.24, 2.45) is 0 Å². The van der Waals surface area contributed by atoms with Crippen LogP contribution in [0.4, 0.5) is 11.8 Å². The molecule has 4 heterocycles. The number of rotatable bonds is 4. The van der Waals surface area contributed by atoms with Crippen LogP contribution in [0.15, 0.2) is 29.1 Å². The van der Waals surface area contributed by atoms with Gasteiger partial charge in [-0.25, -0.2) is 4.98 Å². The SMILES string of the molecule is CC.O=c1[nH]c(N2CCOCC2)nc(NC2CCCNC2)c1-c1nc2ccccc2s1. The summed E-state index contributed by atoms with van der Waals surface area (Å²) in [4.78, 5) is 27.8. The summed E-state index contributed by atoms with van der Waals surface area (Å²) >= 11 is 1.52. The molecule has 31 heavy (non-hydrogen) atoms. The summed E-state index contributed by atoms with van der Waals surface area (Å²) < 4.78 is 6.50. The zero-order chi connectivity index (χ0) is 21.6. The predicted octanol–water partition coefficient (Wildman–Crippen LogP) is 3.07. The molecule has 2 aliphatic heterocycles. The molecule has 2 fully saturated rings. The van der Waals surface area contributed by atoms with E-state index in [1.807, 2.05) is 38.1 Å². The second kappa shape index (κ2) is 10.2. The van der Waals surface area contributed by atoms with Gasteiger partial charge in [0.15, 0.2) is 0 Å². The normalized spacial score (nSPS) is 19.0. The third-order valence-corrected chi connectivity index (χ3v) is 6.42. The Morgan fingerprint density at radius 3 is 2.74 bits per heavy atom. The lowest BCUT2D eigenvalue weighted by Gasteiger charge is -2.29. The van der Waals surface area contributed by atoms with Gasteiger partial charge in [-0.15, -0.1) is 11.3 Å². The average molecular weight is 443 g/mol. The molecule has 2 saturated heterocycles. The number of piperidine rings is 1. The van der Waals surface area contributed by atoms with Crippen molar-refractivity contribution in [2.45, 2.75) is 32.7 Å². The van der Waals surface area contributed by atoms with Crippen LogP contribution in [0.1, 0.15) is 26.7 Å². The molecular weight excluding hydrogens is 412 g/mol. The standard InChI is InChI=1S/C20H24N6O2S.C2H6/c27-18-16(19-23-14-5-1-2-6-15(14)29-19)17(22-13-4-3-7-21-12-13)24-20(25-18)26-8-10-28-11-9-26;1-2/h1-2,5-6,13,21H,3-4,7-12H2,(H2,22,24,25,27);1-2H3. The number of thiazole rings is 1. The van der Waals surface area contributed by atoms with E-state index in [1.54, 1.807) is 0 Å². The van der Waals surface area contributed by atoms with Gasteiger partial charge in [0.2, 0.25) is 5.95 Å². The Kier molecular flexibility index (Phi) is 7.16. The van der Waals surface area contributed by atoms with Crippen molar-refractivity contribution in [2.75, 3.05) is 49.6 Å². The molecule has 0 aliphatic carbocycles. The van der Waals surface area contributed by atoms with Gasteiger partial charge in [-0.2, -0.15) is 4.98 Å². The molecule has 0 spiro atoms. The minimum absolute atomic E-state index is 0.160. The van der Waals surface area contributed by atoms with Crippen LogP contribution >= 0.6 is 11.3 Å². The molecule has 3 N–H and O–H groups in total. The van der Waals surface area contributed by atoms with Crippen molar-refractivity contribution in [3.63, 3.8) is 0 Å². The lowest BCUT2D eigenvalue weighted by Crippen LogP contribution is -2.40. The van der Waals surface area contributed by atoms with E-state index in [2.05, 4.69) is 20.5 Å². The first-order chi connectivity index (χ1) is 15.3. The summed E-state index contributed by atoms with van der Waals surface area (Å²) in [7, 11) is 0. The first-order valence-electron chi connectivity index (χ1n) is 11.1. The fraction of sp³-hybridized carbons (Fsp3) is 0.500. The number of anilines is 2. The molecule has 1 unspecified atom stereocenters. The fourth-order valence-electron chi connectivity index (χ4n) is 3.84. The highest BCUT2D eigenvalue weighted by atomic mass is 32.1. The maximum Gasteiger partial charge on any atom is 0.264 e. The second-order valence-electron chi connectivity index (χ2n) is 7.39. The maximum atomic E-state index is 13.2. The zero-order valence-corrected chi connectivity index (χ0v) is 18.9. The van der Waals surface area contributed by atoms with Crippen LogP contribution in [0.25, 0.3) is 20.8 Å². The quantitative estimate of drug-likeness (QED) is 0.571. The van der Waals surface area contributed by atoms with Gasteiger partial charge in [-0.05, 0) is 31.5 Å². The number of fused-ring (bicyclic) bond motifs is 1. The van der Waals surface area contributed by atoms with Crippen molar-refractivity contribution in [3.05, 3.63) is 34.6 Å². The highest BCUT2D eigenvalue weighted by molar-refractivity contribution is 7.21. The lowest BCUT2D eigenvalue weighted by molar-refractivity contribution is 0.122. The van der Waals surface area contributed by atoms with Crippen LogP contribution in [-0.2, 0) is 4.74 Å². The Bertz CT molecular complexity index is 1020. The van der Waals surface area contributed by atoms with E-state index in [0.29, 0.717) is 48.6 Å². The van der Waals surface area contributed by atoms with E-state index in [-0.39, 0.29) is 11.6 Å². The molecule has 0 amide bonds. The van der Waals surface area contributed by atoms with Gasteiger partial charge in [-0.3, -0.25) is 9.78 Å². The van der Waals surface area contributed by atoms with Gasteiger partial charge in [0.05, 0.1) is 23.4 Å². The Labute approximate surface area is 186 Å². The minimum atomic E-state index is -0.160. The Balaban J connectivity index is 0.00000112. The molecule has 1 aromatic carbocycles. The molecular formula is C22H30N6O2S. The van der Waals surface area contributed by atoms with E-state index in [4.69, 9.17) is 14.7 Å². The van der Waals surface area contributed by atoms with Crippen LogP contribution < -0.4 is 21.1 Å². The topological polar surface area (TPSA) is 95.2 Å². The van der Waals surface area contributed by atoms with Gasteiger partial charge in [0, 0.05) is 25.7 Å². The molecule has 3 aromatic rings. The number of aromatic amines is 1. The second-order valence-corrected chi connectivity index (χ2v) is 8.42. The highest BCUT2D eigenvalue weighted by Gasteiger charge is 2.23. The van der Waals surface area contributed by atoms with Gasteiger partial charge in [0.25, 0.3) is 5.56 Å². The van der Waals surface area contributed by atoms with Crippen molar-refractivity contribution in [1.82, 2.24) is 20.3 Å². The van der Waals surface area contributed by atoms with E-state index in [1.165, 1.54) is 11.3 Å². The van der Waals surface area contributed by atoms with Crippen molar-refractivity contribution in [1.29, 1.82) is 0 Å². The van der Waals surface area contributed by atoms with E-state index < -0.39 is 0 Å². The van der Waals surface area contributed by atoms with Crippen LogP contribution in [0.5, 0.6) is 0 Å². The number of para-hydroxylation sites is 1. The van der Waals surface area contributed by atoms with E-state index in [9.17, 15) is 4.79 Å². The largest absolute Gasteiger partial charge is 0.378 e. The summed E-state index contributed by atoms with van der Waals surface area (Å²) in [5.41, 5.74) is 1.26. The van der Waals surface area contributed by atoms with E-state index >= 15 is 0 Å². The molecule has 5 rings (SSSR count). The number of H-pyrrole nitrogens is 1. The number of hydrogen-bond donors (Lipinski definition) is 3. The lowest BCUT2D eigenvalue weighted by atomic mass is 10.1. The smallest absolute Gasteiger partial charge is 0.264 e. The van der Waals surface area contributed by atoms with Crippen molar-refractivity contribution < 1.29 is 4.74 Å². The monoisotopic (exact) mass is 442 g/mol. The molecule has 166 valence electrons. The molecule has 0 radical (unpaired) electrons. The summed E-state index contributed by atoms with van der Waals surface area (Å²) in [6.45, 7) is 8.60. The number of nitrogens with zero attached hydrogens (tertiary/aromatic N) is 3. The summed E-state index contributed by atoms with van der Waals surface area (Å²) in [6.07, 6.45) is 2.15. The van der Waals surface area contributed by atoms with Gasteiger partial charge in [0.1, 0.15) is 16.4 Å². The number of nitrogens with one attached hydrogen (secondary N) is 3. The zero-order valence-electron chi connectivity index (χ0n) is 18.1. The number of hydrogen-bond acceptors (Lipinski definition) is 8. The Morgan fingerprint density at radius 2 is 2.00 bits per heavy atom. The summed E-state index contributed by atoms with van der Waals surface area (Å²) in [6, 6.07) is 8.18. The third-order valence-electron chi connectivity index (χ3n) is 5.36. The number of ether oxygens (including phenoxy) is 1. The van der Waals surface area contributed by atoms with Crippen molar-refractivity contribution >= 4 is 33.3 Å². The van der Waals surface area contributed by atoms with Crippen LogP contribution in [0.2, 0.25) is 0 Å².